The van der Waals surface area contributed by atoms with Crippen LogP contribution in [0.1, 0.15) is 32.1 Å². The van der Waals surface area contributed by atoms with Crippen molar-refractivity contribution >= 4 is 41.7 Å². The number of hydrogen-bond acceptors (Lipinski definition) is 3. The van der Waals surface area contributed by atoms with Crippen molar-refractivity contribution in [1.82, 2.24) is 5.32 Å². The zero-order chi connectivity index (χ0) is 14.4. The van der Waals surface area contributed by atoms with Crippen LogP contribution in [0.5, 0.6) is 0 Å². The first-order chi connectivity index (χ1) is 9.65. The van der Waals surface area contributed by atoms with E-state index in [4.69, 9.17) is 17.3 Å². The van der Waals surface area contributed by atoms with Gasteiger partial charge in [0, 0.05) is 23.6 Å². The van der Waals surface area contributed by atoms with Gasteiger partial charge in [-0.25, -0.2) is 0 Å². The lowest BCUT2D eigenvalue weighted by molar-refractivity contribution is -0.122. The lowest BCUT2D eigenvalue weighted by atomic mass is 9.98. The smallest absolute Gasteiger partial charge is 0.221 e. The SMILES string of the molecule is Cl.NCC1(NC(=O)CCSc2ccccc2Cl)CCCC1. The van der Waals surface area contributed by atoms with Gasteiger partial charge in [-0.05, 0) is 25.0 Å². The summed E-state index contributed by atoms with van der Waals surface area (Å²) in [5.41, 5.74) is 5.67. The Labute approximate surface area is 141 Å². The van der Waals surface area contributed by atoms with E-state index in [9.17, 15) is 4.79 Å². The minimum Gasteiger partial charge on any atom is -0.349 e. The molecule has 3 nitrogen and oxygen atoms in total. The van der Waals surface area contributed by atoms with Gasteiger partial charge in [-0.1, -0.05) is 36.6 Å². The van der Waals surface area contributed by atoms with E-state index < -0.39 is 0 Å². The second kappa shape index (κ2) is 8.89. The van der Waals surface area contributed by atoms with Gasteiger partial charge in [0.25, 0.3) is 0 Å². The van der Waals surface area contributed by atoms with Gasteiger partial charge in [-0.15, -0.1) is 24.2 Å². The predicted octanol–water partition coefficient (Wildman–Crippen LogP) is 3.63. The zero-order valence-corrected chi connectivity index (χ0v) is 14.3. The monoisotopic (exact) mass is 348 g/mol. The van der Waals surface area contributed by atoms with Crippen LogP contribution in [0.2, 0.25) is 5.02 Å². The highest BCUT2D eigenvalue weighted by Gasteiger charge is 2.33. The molecule has 0 unspecified atom stereocenters. The molecule has 1 aliphatic rings. The van der Waals surface area contributed by atoms with Gasteiger partial charge in [0.2, 0.25) is 5.91 Å². The van der Waals surface area contributed by atoms with E-state index in [1.54, 1.807) is 11.8 Å². The average molecular weight is 349 g/mol. The van der Waals surface area contributed by atoms with Gasteiger partial charge in [0.05, 0.1) is 10.6 Å². The number of halogens is 2. The fourth-order valence-electron chi connectivity index (χ4n) is 2.61. The normalized spacial score (nSPS) is 16.3. The summed E-state index contributed by atoms with van der Waals surface area (Å²) in [5, 5.41) is 3.88. The molecule has 21 heavy (non-hydrogen) atoms. The van der Waals surface area contributed by atoms with Gasteiger partial charge in [0.15, 0.2) is 0 Å². The van der Waals surface area contributed by atoms with Crippen LogP contribution in [0.4, 0.5) is 0 Å². The van der Waals surface area contributed by atoms with Crippen molar-refractivity contribution in [1.29, 1.82) is 0 Å². The van der Waals surface area contributed by atoms with Crippen LogP contribution in [0.25, 0.3) is 0 Å². The first-order valence-electron chi connectivity index (χ1n) is 7.04. The fourth-order valence-corrected chi connectivity index (χ4v) is 3.79. The Morgan fingerprint density at radius 2 is 2.00 bits per heavy atom. The number of thioether (sulfide) groups is 1. The first-order valence-corrected chi connectivity index (χ1v) is 8.40. The van der Waals surface area contributed by atoms with E-state index in [0.29, 0.717) is 13.0 Å². The van der Waals surface area contributed by atoms with Crippen LogP contribution < -0.4 is 11.1 Å². The van der Waals surface area contributed by atoms with Gasteiger partial charge in [-0.2, -0.15) is 0 Å². The lowest BCUT2D eigenvalue weighted by Crippen LogP contribution is -2.51. The summed E-state index contributed by atoms with van der Waals surface area (Å²) in [7, 11) is 0. The summed E-state index contributed by atoms with van der Waals surface area (Å²) in [4.78, 5) is 13.0. The maximum atomic E-state index is 12.0. The molecule has 6 heteroatoms. The highest BCUT2D eigenvalue weighted by Crippen LogP contribution is 2.29. The van der Waals surface area contributed by atoms with Crippen molar-refractivity contribution in [2.75, 3.05) is 12.3 Å². The Morgan fingerprint density at radius 1 is 1.33 bits per heavy atom. The number of carbonyl (C=O) groups is 1. The van der Waals surface area contributed by atoms with Crippen LogP contribution in [0, 0.1) is 0 Å². The zero-order valence-electron chi connectivity index (χ0n) is 11.9. The molecule has 0 atom stereocenters. The number of nitrogens with one attached hydrogen (secondary N) is 1. The van der Waals surface area contributed by atoms with Gasteiger partial charge < -0.3 is 11.1 Å². The lowest BCUT2D eigenvalue weighted by Gasteiger charge is -2.28. The third-order valence-corrected chi connectivity index (χ3v) is 5.30. The first kappa shape index (κ1) is 18.6. The average Bonchev–Trinajstić information content (AvgIpc) is 2.90. The van der Waals surface area contributed by atoms with E-state index in [0.717, 1.165) is 41.4 Å². The van der Waals surface area contributed by atoms with Crippen LogP contribution in [0.3, 0.4) is 0 Å². The van der Waals surface area contributed by atoms with E-state index in [2.05, 4.69) is 5.32 Å². The highest BCUT2D eigenvalue weighted by molar-refractivity contribution is 7.99. The van der Waals surface area contributed by atoms with Crippen LogP contribution in [-0.2, 0) is 4.79 Å². The maximum Gasteiger partial charge on any atom is 0.221 e. The Bertz CT molecular complexity index is 465. The van der Waals surface area contributed by atoms with Gasteiger partial charge in [0.1, 0.15) is 0 Å². The molecule has 0 aliphatic heterocycles. The molecule has 1 saturated carbocycles. The number of benzene rings is 1. The van der Waals surface area contributed by atoms with E-state index >= 15 is 0 Å². The molecule has 3 N–H and O–H groups in total. The molecule has 1 fully saturated rings. The van der Waals surface area contributed by atoms with Crippen molar-refractivity contribution in [2.24, 2.45) is 5.73 Å². The molecule has 2 rings (SSSR count). The Balaban J connectivity index is 0.00000220. The molecule has 118 valence electrons. The van der Waals surface area contributed by atoms with E-state index in [1.807, 2.05) is 24.3 Å². The van der Waals surface area contributed by atoms with Crippen LogP contribution >= 0.6 is 35.8 Å². The summed E-state index contributed by atoms with van der Waals surface area (Å²) in [5.74, 6) is 0.827. The third kappa shape index (κ3) is 5.37. The molecule has 1 aromatic rings. The largest absolute Gasteiger partial charge is 0.349 e. The Hall–Kier alpha value is -0.420. The summed E-state index contributed by atoms with van der Waals surface area (Å²) in [6.07, 6.45) is 4.83. The van der Waals surface area contributed by atoms with Crippen LogP contribution in [-0.4, -0.2) is 23.7 Å². The molecule has 0 spiro atoms. The molecular formula is C15H22Cl2N2OS. The molecule has 0 heterocycles. The van der Waals surface area contributed by atoms with E-state index in [-0.39, 0.29) is 23.9 Å². The number of amides is 1. The second-order valence-corrected chi connectivity index (χ2v) is 6.81. The Morgan fingerprint density at radius 3 is 2.62 bits per heavy atom. The van der Waals surface area contributed by atoms with Gasteiger partial charge >= 0.3 is 0 Å². The van der Waals surface area contributed by atoms with Gasteiger partial charge in [-0.3, -0.25) is 4.79 Å². The highest BCUT2D eigenvalue weighted by atomic mass is 35.5. The van der Waals surface area contributed by atoms with Crippen molar-refractivity contribution in [3.05, 3.63) is 29.3 Å². The minimum atomic E-state index is -0.147. The summed E-state index contributed by atoms with van der Waals surface area (Å²) < 4.78 is 0. The summed E-state index contributed by atoms with van der Waals surface area (Å²) in [6.45, 7) is 0.538. The molecule has 0 radical (unpaired) electrons. The molecular weight excluding hydrogens is 327 g/mol. The van der Waals surface area contributed by atoms with Crippen molar-refractivity contribution in [2.45, 2.75) is 42.5 Å². The topological polar surface area (TPSA) is 55.1 Å². The number of hydrogen-bond donors (Lipinski definition) is 2. The summed E-state index contributed by atoms with van der Waals surface area (Å²) >= 11 is 7.70. The quantitative estimate of drug-likeness (QED) is 0.771. The van der Waals surface area contributed by atoms with Crippen molar-refractivity contribution in [3.8, 4) is 0 Å². The molecule has 1 aliphatic carbocycles. The number of nitrogens with two attached hydrogens (primary N) is 1. The van der Waals surface area contributed by atoms with Crippen molar-refractivity contribution in [3.63, 3.8) is 0 Å². The number of rotatable bonds is 6. The molecule has 0 saturated heterocycles. The Kier molecular flexibility index (Phi) is 7.88. The molecule has 1 aromatic carbocycles. The van der Waals surface area contributed by atoms with Crippen molar-refractivity contribution < 1.29 is 4.79 Å². The van der Waals surface area contributed by atoms with E-state index in [1.165, 1.54) is 0 Å². The third-order valence-electron chi connectivity index (χ3n) is 3.78. The molecule has 0 bridgehead atoms. The van der Waals surface area contributed by atoms with Crippen LogP contribution in [0.15, 0.2) is 29.2 Å². The predicted molar refractivity (Wildman–Crippen MR) is 92.4 cm³/mol. The molecule has 1 amide bonds. The molecule has 0 aromatic heterocycles. The summed E-state index contributed by atoms with van der Waals surface area (Å²) in [6, 6.07) is 7.70. The minimum absolute atomic E-state index is 0. The number of carbonyl (C=O) groups excluding carboxylic acids is 1. The fraction of sp³-hybridized carbons (Fsp3) is 0.533. The second-order valence-electron chi connectivity index (χ2n) is 5.27. The standard InChI is InChI=1S/C15H21ClN2OS.ClH/c16-12-5-1-2-6-13(12)20-10-7-14(19)18-15(11-17)8-3-4-9-15;/h1-2,5-6H,3-4,7-11,17H2,(H,18,19);1H. The maximum absolute atomic E-state index is 12.0.